The predicted octanol–water partition coefficient (Wildman–Crippen LogP) is 5.95. The van der Waals surface area contributed by atoms with Gasteiger partial charge in [0, 0.05) is 35.2 Å². The van der Waals surface area contributed by atoms with Gasteiger partial charge in [0.25, 0.3) is 0 Å². The first-order valence-electron chi connectivity index (χ1n) is 12.2. The Bertz CT molecular complexity index is 901. The van der Waals surface area contributed by atoms with Gasteiger partial charge in [-0.15, -0.1) is 0 Å². The van der Waals surface area contributed by atoms with Crippen molar-refractivity contribution in [1.29, 1.82) is 0 Å². The quantitative estimate of drug-likeness (QED) is 0.472. The number of halogens is 2. The molecule has 5 atom stereocenters. The van der Waals surface area contributed by atoms with Crippen molar-refractivity contribution in [2.24, 2.45) is 5.92 Å². The number of benzene rings is 1. The number of amides is 1. The molecule has 4 aliphatic rings. The highest BCUT2D eigenvalue weighted by Crippen LogP contribution is 2.57. The van der Waals surface area contributed by atoms with Gasteiger partial charge in [-0.05, 0) is 98.3 Å². The van der Waals surface area contributed by atoms with Gasteiger partial charge in [-0.25, -0.2) is 4.79 Å². The molecule has 1 aromatic rings. The van der Waals surface area contributed by atoms with Gasteiger partial charge in [-0.3, -0.25) is 0 Å². The molecular weight excluding hydrogens is 508 g/mol. The molecule has 0 radical (unpaired) electrons. The van der Waals surface area contributed by atoms with Crippen LogP contribution in [0.2, 0.25) is 5.02 Å². The average Bonchev–Trinajstić information content (AvgIpc) is 3.41. The third-order valence-electron chi connectivity index (χ3n) is 7.17. The molecule has 1 aliphatic carbocycles. The van der Waals surface area contributed by atoms with Crippen molar-refractivity contribution in [1.82, 2.24) is 4.90 Å². The summed E-state index contributed by atoms with van der Waals surface area (Å²) in [6.45, 7) is 8.59. The Morgan fingerprint density at radius 3 is 2.79 bits per heavy atom. The Hall–Kier alpha value is -1.02. The minimum absolute atomic E-state index is 0.0400. The van der Waals surface area contributed by atoms with E-state index >= 15 is 0 Å². The number of carbonyl (C=O) groups excluding carboxylic acids is 1. The lowest BCUT2D eigenvalue weighted by atomic mass is 9.99. The van der Waals surface area contributed by atoms with E-state index in [0.717, 1.165) is 48.3 Å². The van der Waals surface area contributed by atoms with E-state index in [1.165, 1.54) is 17.7 Å². The molecule has 3 fully saturated rings. The Balaban J connectivity index is 1.36. The van der Waals surface area contributed by atoms with E-state index in [2.05, 4.69) is 26.9 Å². The van der Waals surface area contributed by atoms with Crippen LogP contribution in [-0.4, -0.2) is 61.3 Å². The summed E-state index contributed by atoms with van der Waals surface area (Å²) in [5, 5.41) is 0.772. The van der Waals surface area contributed by atoms with Crippen LogP contribution in [0.5, 0.6) is 0 Å². The molecule has 0 aromatic heterocycles. The molecule has 0 spiro atoms. The predicted molar refractivity (Wildman–Crippen MR) is 132 cm³/mol. The van der Waals surface area contributed by atoms with Gasteiger partial charge in [0.05, 0.1) is 18.3 Å². The fourth-order valence-electron chi connectivity index (χ4n) is 5.56. The van der Waals surface area contributed by atoms with E-state index in [4.69, 9.17) is 25.8 Å². The molecule has 3 heterocycles. The van der Waals surface area contributed by atoms with Gasteiger partial charge in [0.15, 0.2) is 6.29 Å². The molecule has 2 saturated heterocycles. The topological polar surface area (TPSA) is 51.2 Å². The van der Waals surface area contributed by atoms with Gasteiger partial charge < -0.3 is 24.0 Å². The second kappa shape index (κ2) is 9.21. The van der Waals surface area contributed by atoms with Crippen LogP contribution in [0.3, 0.4) is 0 Å². The van der Waals surface area contributed by atoms with Crippen LogP contribution in [0.4, 0.5) is 10.5 Å². The molecule has 5 rings (SSSR count). The maximum atomic E-state index is 13.2. The molecule has 3 aliphatic heterocycles. The largest absolute Gasteiger partial charge is 0.444 e. The number of nitrogens with zero attached hydrogens (tertiary/aromatic N) is 2. The maximum absolute atomic E-state index is 13.2. The Morgan fingerprint density at radius 2 is 2.06 bits per heavy atom. The maximum Gasteiger partial charge on any atom is 0.410 e. The van der Waals surface area contributed by atoms with Crippen LogP contribution in [0, 0.1) is 5.92 Å². The van der Waals surface area contributed by atoms with Gasteiger partial charge in [-0.1, -0.05) is 11.6 Å². The standard InChI is InChI=1S/C25H34BrClN2O4/c1-25(2,3)33-24(30)29-13-17(11-18(29)14-32-22-6-4-5-7-31-22)28-12-15-8-19(15)20-9-16(27)10-21(26)23(20)28/h9-10,15,17-19,22H,4-8,11-14H2,1-3H3/t15?,17-,18+,19?,22?/m0/s1. The molecule has 0 N–H and O–H groups in total. The van der Waals surface area contributed by atoms with Crippen LogP contribution < -0.4 is 4.90 Å². The number of likely N-dealkylation sites (tertiary alicyclic amines) is 1. The normalized spacial score (nSPS) is 31.2. The van der Waals surface area contributed by atoms with Gasteiger partial charge >= 0.3 is 6.09 Å². The monoisotopic (exact) mass is 540 g/mol. The van der Waals surface area contributed by atoms with Gasteiger partial charge in [0.2, 0.25) is 0 Å². The summed E-state index contributed by atoms with van der Waals surface area (Å²) in [7, 11) is 0. The first kappa shape index (κ1) is 23.7. The molecule has 0 bridgehead atoms. The first-order valence-corrected chi connectivity index (χ1v) is 13.3. The molecular formula is C25H34BrClN2O4. The minimum atomic E-state index is -0.536. The molecule has 8 heteroatoms. The lowest BCUT2D eigenvalue weighted by molar-refractivity contribution is -0.168. The minimum Gasteiger partial charge on any atom is -0.444 e. The average molecular weight is 542 g/mol. The van der Waals surface area contributed by atoms with E-state index < -0.39 is 5.60 Å². The van der Waals surface area contributed by atoms with Gasteiger partial charge in [-0.2, -0.15) is 0 Å². The van der Waals surface area contributed by atoms with Crippen molar-refractivity contribution in [2.75, 3.05) is 31.2 Å². The van der Waals surface area contributed by atoms with Gasteiger partial charge in [0.1, 0.15) is 5.60 Å². The zero-order valence-electron chi connectivity index (χ0n) is 19.7. The molecule has 182 valence electrons. The van der Waals surface area contributed by atoms with Crippen molar-refractivity contribution in [2.45, 2.75) is 82.8 Å². The van der Waals surface area contributed by atoms with Crippen LogP contribution in [0.15, 0.2) is 16.6 Å². The van der Waals surface area contributed by atoms with E-state index in [1.807, 2.05) is 31.7 Å². The number of anilines is 1. The molecule has 1 saturated carbocycles. The zero-order valence-corrected chi connectivity index (χ0v) is 22.0. The second-order valence-electron chi connectivity index (χ2n) is 10.9. The van der Waals surface area contributed by atoms with E-state index in [0.29, 0.717) is 25.0 Å². The van der Waals surface area contributed by atoms with Crippen LogP contribution >= 0.6 is 27.5 Å². The fraction of sp³-hybridized carbons (Fsp3) is 0.720. The highest BCUT2D eigenvalue weighted by atomic mass is 79.9. The lowest BCUT2D eigenvalue weighted by Gasteiger charge is -2.37. The summed E-state index contributed by atoms with van der Waals surface area (Å²) in [6.07, 6.45) is 4.75. The summed E-state index contributed by atoms with van der Waals surface area (Å²) >= 11 is 10.2. The van der Waals surface area contributed by atoms with Crippen LogP contribution in [0.25, 0.3) is 0 Å². The Morgan fingerprint density at radius 1 is 1.24 bits per heavy atom. The highest BCUT2D eigenvalue weighted by Gasteiger charge is 2.49. The molecule has 3 unspecified atom stereocenters. The molecule has 6 nitrogen and oxygen atoms in total. The molecule has 1 aromatic carbocycles. The third kappa shape index (κ3) is 5.16. The zero-order chi connectivity index (χ0) is 23.3. The van der Waals surface area contributed by atoms with E-state index in [9.17, 15) is 4.79 Å². The first-order chi connectivity index (χ1) is 15.7. The second-order valence-corrected chi connectivity index (χ2v) is 12.2. The van der Waals surface area contributed by atoms with Crippen LogP contribution in [-0.2, 0) is 14.2 Å². The number of ether oxygens (including phenoxy) is 3. The summed E-state index contributed by atoms with van der Waals surface area (Å²) in [4.78, 5) is 17.5. The van der Waals surface area contributed by atoms with E-state index in [1.54, 1.807) is 0 Å². The smallest absolute Gasteiger partial charge is 0.410 e. The SMILES string of the molecule is CC(C)(C)OC(=O)N1C[C@@H](N2CC3CC3c3cc(Cl)cc(Br)c32)C[C@@H]1COC1CCCCO1. The number of hydrogen-bond donors (Lipinski definition) is 0. The number of rotatable bonds is 4. The summed E-state index contributed by atoms with van der Waals surface area (Å²) in [5.41, 5.74) is 2.04. The van der Waals surface area contributed by atoms with Crippen molar-refractivity contribution >= 4 is 39.3 Å². The van der Waals surface area contributed by atoms with E-state index in [-0.39, 0.29) is 24.5 Å². The van der Waals surface area contributed by atoms with Crippen molar-refractivity contribution < 1.29 is 19.0 Å². The van der Waals surface area contributed by atoms with Crippen molar-refractivity contribution in [3.63, 3.8) is 0 Å². The third-order valence-corrected chi connectivity index (χ3v) is 7.99. The summed E-state index contributed by atoms with van der Waals surface area (Å²) in [5.74, 6) is 1.28. The molecule has 33 heavy (non-hydrogen) atoms. The number of carbonyl (C=O) groups is 1. The summed E-state index contributed by atoms with van der Waals surface area (Å²) in [6, 6.07) is 4.27. The summed E-state index contributed by atoms with van der Waals surface area (Å²) < 4.78 is 18.7. The fourth-order valence-corrected chi connectivity index (χ4v) is 6.62. The number of fused-ring (bicyclic) bond motifs is 3. The molecule has 1 amide bonds. The van der Waals surface area contributed by atoms with Crippen molar-refractivity contribution in [3.8, 4) is 0 Å². The van der Waals surface area contributed by atoms with Crippen LogP contribution in [0.1, 0.15) is 64.4 Å². The number of hydrogen-bond acceptors (Lipinski definition) is 5. The van der Waals surface area contributed by atoms with Crippen molar-refractivity contribution in [3.05, 3.63) is 27.2 Å². The lowest BCUT2D eigenvalue weighted by Crippen LogP contribution is -2.44. The Labute approximate surface area is 210 Å². The Kier molecular flexibility index (Phi) is 6.62. The highest BCUT2D eigenvalue weighted by molar-refractivity contribution is 9.10.